The first kappa shape index (κ1) is 52.5. The second-order valence-electron chi connectivity index (χ2n) is 17.1. The molecule has 7 atom stereocenters. The highest BCUT2D eigenvalue weighted by Gasteiger charge is 2.57. The molecule has 1 aliphatic heterocycles. The molecule has 4 aromatic rings. The van der Waals surface area contributed by atoms with Crippen LogP contribution in [0.15, 0.2) is 79.1 Å². The van der Waals surface area contributed by atoms with Crippen LogP contribution in [0, 0.1) is 11.3 Å². The minimum absolute atomic E-state index is 0.124. The van der Waals surface area contributed by atoms with E-state index in [4.69, 9.17) is 33.7 Å². The fraction of sp³-hybridized carbons (Fsp3) is 0.592. The molecule has 1 aliphatic rings. The molecule has 1 saturated heterocycles. The Morgan fingerprint density at radius 3 is 2.12 bits per heavy atom. The number of para-hydroxylation sites is 1. The van der Waals surface area contributed by atoms with Crippen LogP contribution in [0.1, 0.15) is 134 Å². The van der Waals surface area contributed by atoms with Gasteiger partial charge in [-0.25, -0.2) is 14.1 Å². The molecule has 5 N–H and O–H groups in total. The minimum Gasteiger partial charge on any atom is -0.462 e. The van der Waals surface area contributed by atoms with Crippen molar-refractivity contribution < 1.29 is 47.6 Å². The predicted octanol–water partition coefficient (Wildman–Crippen LogP) is 8.96. The average Bonchev–Trinajstić information content (AvgIpc) is 3.87. The molecule has 17 heteroatoms. The van der Waals surface area contributed by atoms with Crippen LogP contribution in [0.5, 0.6) is 5.75 Å². The Morgan fingerprint density at radius 1 is 0.894 bits per heavy atom. The number of nitrogens with two attached hydrogens (primary N) is 1. The number of esters is 1. The lowest BCUT2D eigenvalue weighted by Gasteiger charge is -2.28. The van der Waals surface area contributed by atoms with Gasteiger partial charge in [0.2, 0.25) is 5.60 Å². The Balaban J connectivity index is 1.09. The molecule has 2 aromatic carbocycles. The first-order chi connectivity index (χ1) is 32.1. The van der Waals surface area contributed by atoms with Gasteiger partial charge in [0.05, 0.1) is 18.9 Å². The van der Waals surface area contributed by atoms with Crippen LogP contribution in [-0.4, -0.2) is 87.2 Å². The third kappa shape index (κ3) is 16.4. The molecular weight excluding hydrogens is 864 g/mol. The summed E-state index contributed by atoms with van der Waals surface area (Å²) in [6.07, 6.45) is 16.5. The molecule has 362 valence electrons. The fourth-order valence-electron chi connectivity index (χ4n) is 7.86. The lowest BCUT2D eigenvalue weighted by Crippen LogP contribution is -2.46. The van der Waals surface area contributed by atoms with E-state index < -0.39 is 56.4 Å². The number of hydrogen-bond acceptors (Lipinski definition) is 14. The fourth-order valence-corrected chi connectivity index (χ4v) is 9.38. The maximum atomic E-state index is 14.5. The first-order valence-electron chi connectivity index (χ1n) is 23.8. The molecule has 0 amide bonds. The summed E-state index contributed by atoms with van der Waals surface area (Å²) in [5.74, 6) is -0.495. The number of aromatic nitrogens is 3. The number of aliphatic hydroxyl groups excluding tert-OH is 2. The van der Waals surface area contributed by atoms with E-state index in [0.29, 0.717) is 12.1 Å². The van der Waals surface area contributed by atoms with Crippen molar-refractivity contribution in [2.45, 2.75) is 159 Å². The van der Waals surface area contributed by atoms with Gasteiger partial charge in [0.25, 0.3) is 0 Å². The van der Waals surface area contributed by atoms with Gasteiger partial charge in [-0.15, -0.1) is 0 Å². The highest BCUT2D eigenvalue weighted by atomic mass is 31.2. The predicted molar refractivity (Wildman–Crippen MR) is 251 cm³/mol. The van der Waals surface area contributed by atoms with Gasteiger partial charge < -0.3 is 39.4 Å². The van der Waals surface area contributed by atoms with E-state index in [9.17, 15) is 24.8 Å². The second-order valence-corrected chi connectivity index (χ2v) is 18.8. The molecule has 66 heavy (non-hydrogen) atoms. The smallest absolute Gasteiger partial charge is 0.459 e. The summed E-state index contributed by atoms with van der Waals surface area (Å²) in [7, 11) is -4.55. The van der Waals surface area contributed by atoms with E-state index in [1.54, 1.807) is 30.3 Å². The summed E-state index contributed by atoms with van der Waals surface area (Å²) in [5.41, 5.74) is 5.38. The summed E-state index contributed by atoms with van der Waals surface area (Å²) < 4.78 is 51.2. The highest BCUT2D eigenvalue weighted by molar-refractivity contribution is 7.52. The summed E-state index contributed by atoms with van der Waals surface area (Å²) in [5, 5.41) is 39.5. The molecule has 0 aliphatic carbocycles. The molecule has 0 bridgehead atoms. The molecule has 2 aromatic heterocycles. The number of carbonyl (C=O) groups excluding carboxylic acids is 1. The van der Waals surface area contributed by atoms with Crippen LogP contribution in [0.2, 0.25) is 0 Å². The number of nitrogen functional groups attached to an aromatic ring is 1. The summed E-state index contributed by atoms with van der Waals surface area (Å²) in [4.78, 5) is 17.4. The number of hydrogen-bond donors (Lipinski definition) is 4. The van der Waals surface area contributed by atoms with E-state index in [1.807, 2.05) is 36.4 Å². The second kappa shape index (κ2) is 28.0. The average molecular weight is 935 g/mol. The van der Waals surface area contributed by atoms with E-state index in [1.165, 1.54) is 120 Å². The third-order valence-electron chi connectivity index (χ3n) is 11.7. The van der Waals surface area contributed by atoms with Crippen molar-refractivity contribution in [3.05, 3.63) is 90.4 Å². The van der Waals surface area contributed by atoms with E-state index in [-0.39, 0.29) is 37.1 Å². The number of benzene rings is 2. The Morgan fingerprint density at radius 2 is 1.50 bits per heavy atom. The Labute approximate surface area is 390 Å². The highest BCUT2D eigenvalue weighted by Crippen LogP contribution is 2.48. The first-order valence-corrected chi connectivity index (χ1v) is 25.3. The van der Waals surface area contributed by atoms with Crippen molar-refractivity contribution >= 4 is 25.1 Å². The summed E-state index contributed by atoms with van der Waals surface area (Å²) >= 11 is 0. The van der Waals surface area contributed by atoms with Crippen molar-refractivity contribution in [1.82, 2.24) is 19.7 Å². The number of anilines is 1. The number of ether oxygens (including phenoxy) is 4. The maximum absolute atomic E-state index is 14.5. The number of nitrogens with one attached hydrogen (secondary N) is 1. The van der Waals surface area contributed by atoms with E-state index in [0.717, 1.165) is 18.4 Å². The van der Waals surface area contributed by atoms with Crippen molar-refractivity contribution in [1.29, 1.82) is 5.26 Å². The van der Waals surface area contributed by atoms with Gasteiger partial charge in [0, 0.05) is 6.61 Å². The van der Waals surface area contributed by atoms with Gasteiger partial charge in [0.1, 0.15) is 67.3 Å². The molecule has 0 radical (unpaired) electrons. The van der Waals surface area contributed by atoms with Crippen LogP contribution in [0.3, 0.4) is 0 Å². The standard InChI is InChI=1S/C49H71N6O10P/c1-3-4-5-6-7-8-9-10-11-12-13-14-15-16-17-24-31-60-33-41(61-32-39-25-20-18-21-26-39)34-62-48(58)38(2)54-66(59,65-40-27-22-19-23-28-40)63-36-49(35-50)46(57)44(56)45(64-49)42-29-30-43-47(51)52-37-53-55(42)43/h18-23,25-30,37-38,41,44-46,56-57H,3-17,24,31-34,36H2,1-2H3,(H,54,59)(H2,51,52,53)/t38-,41+,44-,45-,46-,49+,66?/m0/s1. The molecule has 5 rings (SSSR count). The van der Waals surface area contributed by atoms with Crippen molar-refractivity contribution in [2.75, 3.05) is 32.2 Å². The quantitative estimate of drug-likeness (QED) is 0.0199. The Kier molecular flexibility index (Phi) is 22.3. The number of carbonyl (C=O) groups is 1. The van der Waals surface area contributed by atoms with Gasteiger partial charge in [-0.2, -0.15) is 15.4 Å². The molecule has 0 spiro atoms. The van der Waals surface area contributed by atoms with Crippen molar-refractivity contribution in [3.63, 3.8) is 0 Å². The van der Waals surface area contributed by atoms with Crippen LogP contribution in [0.4, 0.5) is 5.82 Å². The van der Waals surface area contributed by atoms with E-state index >= 15 is 0 Å². The number of nitrogens with zero attached hydrogens (tertiary/aromatic N) is 4. The van der Waals surface area contributed by atoms with Crippen LogP contribution >= 0.6 is 7.75 Å². The van der Waals surface area contributed by atoms with Gasteiger partial charge in [-0.05, 0) is 43.2 Å². The normalized spacial score (nSPS) is 20.1. The molecule has 1 fully saturated rings. The number of unbranched alkanes of at least 4 members (excludes halogenated alkanes) is 15. The summed E-state index contributed by atoms with van der Waals surface area (Å²) in [6.45, 7) is 3.72. The number of rotatable bonds is 33. The van der Waals surface area contributed by atoms with Crippen LogP contribution in [-0.2, 0) is 39.4 Å². The van der Waals surface area contributed by atoms with Crippen molar-refractivity contribution in [2.24, 2.45) is 0 Å². The van der Waals surface area contributed by atoms with Crippen LogP contribution < -0.4 is 15.3 Å². The monoisotopic (exact) mass is 934 g/mol. The third-order valence-corrected chi connectivity index (χ3v) is 13.4. The molecule has 16 nitrogen and oxygen atoms in total. The lowest BCUT2D eigenvalue weighted by molar-refractivity contribution is -0.152. The number of aliphatic hydroxyl groups is 2. The molecule has 1 unspecified atom stereocenters. The zero-order chi connectivity index (χ0) is 47.0. The van der Waals surface area contributed by atoms with Gasteiger partial charge >= 0.3 is 13.7 Å². The van der Waals surface area contributed by atoms with E-state index in [2.05, 4.69) is 22.1 Å². The number of fused-ring (bicyclic) bond motifs is 1. The molecule has 3 heterocycles. The maximum Gasteiger partial charge on any atom is 0.459 e. The minimum atomic E-state index is -4.55. The lowest BCUT2D eigenvalue weighted by atomic mass is 9.96. The summed E-state index contributed by atoms with van der Waals surface area (Å²) in [6, 6.07) is 21.5. The molecular formula is C49H71N6O10P. The zero-order valence-corrected chi connectivity index (χ0v) is 39.6. The largest absolute Gasteiger partial charge is 0.462 e. The van der Waals surface area contributed by atoms with Gasteiger partial charge in [-0.3, -0.25) is 9.32 Å². The van der Waals surface area contributed by atoms with Crippen LogP contribution in [0.25, 0.3) is 5.52 Å². The Hall–Kier alpha value is -4.43. The SMILES string of the molecule is CCCCCCCCCCCCCCCCCCOC[C@H](COC(=O)[C@H](C)NP(=O)(OC[C@@]1(C#N)O[C@@H](c2ccc3c(N)ncnn23)[C@H](O)[C@@H]1O)Oc1ccccc1)OCc1ccccc1. The molecule has 0 saturated carbocycles. The van der Waals surface area contributed by atoms with Gasteiger partial charge in [-0.1, -0.05) is 152 Å². The topological polar surface area (TPSA) is 222 Å². The van der Waals surface area contributed by atoms with Gasteiger partial charge in [0.15, 0.2) is 5.82 Å². The zero-order valence-electron chi connectivity index (χ0n) is 38.7. The van der Waals surface area contributed by atoms with Crippen molar-refractivity contribution in [3.8, 4) is 11.8 Å². The number of nitriles is 1. The Bertz CT molecular complexity index is 2090.